The number of amides is 1. The highest BCUT2D eigenvalue weighted by molar-refractivity contribution is 5.94. The molecule has 1 amide bonds. The minimum absolute atomic E-state index is 0.0304. The van der Waals surface area contributed by atoms with E-state index in [1.165, 1.54) is 11.1 Å². The van der Waals surface area contributed by atoms with E-state index in [0.717, 1.165) is 32.5 Å². The van der Waals surface area contributed by atoms with Gasteiger partial charge in [-0.1, -0.05) is 66.7 Å². The summed E-state index contributed by atoms with van der Waals surface area (Å²) in [6.07, 6.45) is 2.04. The number of nitrogens with zero attached hydrogens (tertiary/aromatic N) is 1. The Morgan fingerprint density at radius 3 is 2.32 bits per heavy atom. The second kappa shape index (κ2) is 10.3. The summed E-state index contributed by atoms with van der Waals surface area (Å²) in [5.41, 5.74) is 3.36. The molecule has 4 nitrogen and oxygen atoms in total. The van der Waals surface area contributed by atoms with E-state index in [0.29, 0.717) is 17.2 Å². The first-order valence-electron chi connectivity index (χ1n) is 11.0. The van der Waals surface area contributed by atoms with Gasteiger partial charge in [0.2, 0.25) is 0 Å². The minimum Gasteiger partial charge on any atom is -0.497 e. The van der Waals surface area contributed by atoms with E-state index in [9.17, 15) is 4.79 Å². The topological polar surface area (TPSA) is 41.6 Å². The van der Waals surface area contributed by atoms with Crippen LogP contribution < -0.4 is 10.1 Å². The Bertz CT molecular complexity index is 935. The summed E-state index contributed by atoms with van der Waals surface area (Å²) in [4.78, 5) is 15.1. The van der Waals surface area contributed by atoms with Gasteiger partial charge in [0.25, 0.3) is 5.91 Å². The van der Waals surface area contributed by atoms with Gasteiger partial charge in [-0.3, -0.25) is 4.79 Å². The molecule has 1 heterocycles. The van der Waals surface area contributed by atoms with Crippen LogP contribution in [0.2, 0.25) is 0 Å². The molecule has 31 heavy (non-hydrogen) atoms. The molecule has 0 saturated carbocycles. The molecule has 3 aromatic rings. The van der Waals surface area contributed by atoms with Crippen LogP contribution in [0.5, 0.6) is 5.75 Å². The lowest BCUT2D eigenvalue weighted by Crippen LogP contribution is -2.37. The van der Waals surface area contributed by atoms with Crippen molar-refractivity contribution in [3.05, 3.63) is 102 Å². The van der Waals surface area contributed by atoms with Gasteiger partial charge in [-0.05, 0) is 48.7 Å². The largest absolute Gasteiger partial charge is 0.497 e. The number of rotatable bonds is 8. The number of ether oxygens (including phenoxy) is 1. The van der Waals surface area contributed by atoms with E-state index in [4.69, 9.17) is 4.74 Å². The zero-order valence-corrected chi connectivity index (χ0v) is 18.0. The van der Waals surface area contributed by atoms with E-state index in [1.54, 1.807) is 13.2 Å². The van der Waals surface area contributed by atoms with Gasteiger partial charge in [-0.15, -0.1) is 0 Å². The van der Waals surface area contributed by atoms with Crippen LogP contribution in [0.1, 0.15) is 40.2 Å². The average Bonchev–Trinajstić information content (AvgIpc) is 3.28. The van der Waals surface area contributed by atoms with E-state index in [1.807, 2.05) is 18.2 Å². The van der Waals surface area contributed by atoms with Gasteiger partial charge in [0, 0.05) is 30.6 Å². The van der Waals surface area contributed by atoms with Gasteiger partial charge in [-0.25, -0.2) is 0 Å². The van der Waals surface area contributed by atoms with Gasteiger partial charge >= 0.3 is 0 Å². The Balaban J connectivity index is 1.34. The molecule has 0 aliphatic carbocycles. The summed E-state index contributed by atoms with van der Waals surface area (Å²) in [6, 6.07) is 29.0. The lowest BCUT2D eigenvalue weighted by Gasteiger charge is -2.22. The second-order valence-electron chi connectivity index (χ2n) is 8.15. The molecule has 4 heteroatoms. The van der Waals surface area contributed by atoms with Crippen molar-refractivity contribution >= 4 is 5.91 Å². The fourth-order valence-corrected chi connectivity index (χ4v) is 4.39. The lowest BCUT2D eigenvalue weighted by molar-refractivity contribution is 0.0937. The first-order valence-corrected chi connectivity index (χ1v) is 11.0. The predicted molar refractivity (Wildman–Crippen MR) is 125 cm³/mol. The standard InChI is InChI=1S/C27H30N2O2/c1-31-25-14-8-13-23(19-25)27(30)28-24-15-17-29(20-24)18-16-26(21-9-4-2-5-10-21)22-11-6-3-7-12-22/h2-14,19,24,26H,15-18,20H2,1H3,(H,28,30). The third-order valence-electron chi connectivity index (χ3n) is 6.08. The molecule has 4 rings (SSSR count). The molecule has 0 aromatic heterocycles. The number of methoxy groups -OCH3 is 1. The highest BCUT2D eigenvalue weighted by atomic mass is 16.5. The summed E-state index contributed by atoms with van der Waals surface area (Å²) >= 11 is 0. The maximum atomic E-state index is 12.6. The van der Waals surface area contributed by atoms with E-state index in [-0.39, 0.29) is 11.9 Å². The fourth-order valence-electron chi connectivity index (χ4n) is 4.39. The first-order chi connectivity index (χ1) is 15.2. The highest BCUT2D eigenvalue weighted by Gasteiger charge is 2.25. The number of benzene rings is 3. The van der Waals surface area contributed by atoms with E-state index >= 15 is 0 Å². The summed E-state index contributed by atoms with van der Waals surface area (Å²) < 4.78 is 5.23. The van der Waals surface area contributed by atoms with Crippen LogP contribution >= 0.6 is 0 Å². The number of hydrogen-bond donors (Lipinski definition) is 1. The van der Waals surface area contributed by atoms with E-state index < -0.39 is 0 Å². The summed E-state index contributed by atoms with van der Waals surface area (Å²) in [6.45, 7) is 2.92. The Morgan fingerprint density at radius 2 is 1.68 bits per heavy atom. The van der Waals surface area contributed by atoms with Gasteiger partial charge < -0.3 is 15.0 Å². The summed E-state index contributed by atoms with van der Waals surface area (Å²) in [5.74, 6) is 1.05. The molecule has 0 bridgehead atoms. The van der Waals surface area contributed by atoms with Crippen LogP contribution in [0.25, 0.3) is 0 Å². The molecule has 0 spiro atoms. The van der Waals surface area contributed by atoms with Crippen molar-refractivity contribution in [2.45, 2.75) is 24.8 Å². The maximum absolute atomic E-state index is 12.6. The Morgan fingerprint density at radius 1 is 1.00 bits per heavy atom. The van der Waals surface area contributed by atoms with Gasteiger partial charge in [0.1, 0.15) is 5.75 Å². The number of likely N-dealkylation sites (tertiary alicyclic amines) is 1. The van der Waals surface area contributed by atoms with Crippen molar-refractivity contribution in [2.75, 3.05) is 26.7 Å². The number of nitrogens with one attached hydrogen (secondary N) is 1. The van der Waals surface area contributed by atoms with Crippen molar-refractivity contribution in [1.29, 1.82) is 0 Å². The van der Waals surface area contributed by atoms with Gasteiger partial charge in [0.15, 0.2) is 0 Å². The molecule has 1 aliphatic rings. The molecule has 1 unspecified atom stereocenters. The SMILES string of the molecule is COc1cccc(C(=O)NC2CCN(CCC(c3ccccc3)c3ccccc3)C2)c1. The number of hydrogen-bond acceptors (Lipinski definition) is 3. The lowest BCUT2D eigenvalue weighted by atomic mass is 9.88. The van der Waals surface area contributed by atoms with E-state index in [2.05, 4.69) is 70.9 Å². The zero-order chi connectivity index (χ0) is 21.5. The molecule has 0 radical (unpaired) electrons. The third kappa shape index (κ3) is 5.53. The molecule has 1 N–H and O–H groups in total. The predicted octanol–water partition coefficient (Wildman–Crippen LogP) is 4.72. The van der Waals surface area contributed by atoms with Crippen molar-refractivity contribution in [3.8, 4) is 5.75 Å². The van der Waals surface area contributed by atoms with Crippen molar-refractivity contribution < 1.29 is 9.53 Å². The van der Waals surface area contributed by atoms with Crippen LogP contribution in [0.4, 0.5) is 0 Å². The molecule has 3 aromatic carbocycles. The molecule has 1 fully saturated rings. The normalized spacial score (nSPS) is 16.4. The fraction of sp³-hybridized carbons (Fsp3) is 0.296. The number of carbonyl (C=O) groups is 1. The minimum atomic E-state index is -0.0304. The Labute approximate surface area is 184 Å². The van der Waals surface area contributed by atoms with Gasteiger partial charge in [0.05, 0.1) is 7.11 Å². The Hall–Kier alpha value is -3.11. The average molecular weight is 415 g/mol. The summed E-state index contributed by atoms with van der Waals surface area (Å²) in [7, 11) is 1.62. The van der Waals surface area contributed by atoms with Crippen molar-refractivity contribution in [3.63, 3.8) is 0 Å². The smallest absolute Gasteiger partial charge is 0.251 e. The molecule has 1 aliphatic heterocycles. The molecule has 1 atom stereocenters. The highest BCUT2D eigenvalue weighted by Crippen LogP contribution is 2.28. The quantitative estimate of drug-likeness (QED) is 0.580. The molecular formula is C27H30N2O2. The van der Waals surface area contributed by atoms with Crippen molar-refractivity contribution in [1.82, 2.24) is 10.2 Å². The number of carbonyl (C=O) groups excluding carboxylic acids is 1. The summed E-state index contributed by atoms with van der Waals surface area (Å²) in [5, 5.41) is 3.19. The molecular weight excluding hydrogens is 384 g/mol. The Kier molecular flexibility index (Phi) is 7.00. The first kappa shape index (κ1) is 21.1. The zero-order valence-electron chi connectivity index (χ0n) is 18.0. The van der Waals surface area contributed by atoms with Crippen LogP contribution in [0.15, 0.2) is 84.9 Å². The molecule has 1 saturated heterocycles. The van der Waals surface area contributed by atoms with Gasteiger partial charge in [-0.2, -0.15) is 0 Å². The maximum Gasteiger partial charge on any atom is 0.251 e. The van der Waals surface area contributed by atoms with Crippen LogP contribution in [0, 0.1) is 0 Å². The van der Waals surface area contributed by atoms with Crippen LogP contribution in [-0.2, 0) is 0 Å². The molecule has 160 valence electrons. The van der Waals surface area contributed by atoms with Crippen LogP contribution in [-0.4, -0.2) is 43.6 Å². The third-order valence-corrected chi connectivity index (χ3v) is 6.08. The van der Waals surface area contributed by atoms with Crippen molar-refractivity contribution in [2.24, 2.45) is 0 Å². The van der Waals surface area contributed by atoms with Crippen LogP contribution in [0.3, 0.4) is 0 Å². The monoisotopic (exact) mass is 414 g/mol. The second-order valence-corrected chi connectivity index (χ2v) is 8.15.